The Bertz CT molecular complexity index is 1080. The first-order valence-electron chi connectivity index (χ1n) is 19.9. The zero-order valence-electron chi connectivity index (χ0n) is 31.1. The molecule has 3 saturated carbocycles. The van der Waals surface area contributed by atoms with Gasteiger partial charge in [0.15, 0.2) is 0 Å². The molecule has 4 aliphatic carbocycles. The van der Waals surface area contributed by atoms with Crippen LogP contribution in [-0.2, 0) is 9.47 Å². The van der Waals surface area contributed by atoms with Crippen molar-refractivity contribution < 1.29 is 29.9 Å². The van der Waals surface area contributed by atoms with E-state index in [0.717, 1.165) is 74.1 Å². The van der Waals surface area contributed by atoms with E-state index in [1.807, 2.05) is 0 Å². The highest BCUT2D eigenvalue weighted by molar-refractivity contribution is 7.99. The van der Waals surface area contributed by atoms with Crippen LogP contribution in [0.1, 0.15) is 125 Å². The number of aliphatic hydroxyl groups excluding tert-OH is 4. The molecule has 0 unspecified atom stereocenters. The predicted molar refractivity (Wildman–Crippen MR) is 197 cm³/mol. The third kappa shape index (κ3) is 8.13. The number of hydrogen-bond acceptors (Lipinski definition) is 7. The van der Waals surface area contributed by atoms with Crippen molar-refractivity contribution in [2.45, 2.75) is 161 Å². The molecule has 0 radical (unpaired) electrons. The first-order valence-corrected chi connectivity index (χ1v) is 20.9. The molecule has 48 heavy (non-hydrogen) atoms. The van der Waals surface area contributed by atoms with Crippen LogP contribution in [0.4, 0.5) is 0 Å². The maximum atomic E-state index is 10.2. The van der Waals surface area contributed by atoms with E-state index in [1.54, 1.807) is 5.57 Å². The van der Waals surface area contributed by atoms with Gasteiger partial charge >= 0.3 is 0 Å². The number of rotatable bonds is 15. The number of hydrogen-bond donors (Lipinski definition) is 4. The number of ether oxygens (including phenoxy) is 2. The Balaban J connectivity index is 1.04. The second-order valence-corrected chi connectivity index (χ2v) is 18.5. The second-order valence-electron chi connectivity index (χ2n) is 17.3. The Labute approximate surface area is 296 Å². The van der Waals surface area contributed by atoms with Gasteiger partial charge in [-0.15, -0.1) is 11.8 Å². The molecule has 4 fully saturated rings. The molecular formula is C41H70O6S. The molecule has 7 heteroatoms. The minimum Gasteiger partial charge on any atom is -0.394 e. The number of unbranched alkanes of at least 4 members (excludes halogenated alkanes) is 3. The Hall–Kier alpha value is -0.410. The van der Waals surface area contributed by atoms with E-state index in [0.29, 0.717) is 28.8 Å². The molecule has 0 aromatic heterocycles. The molecule has 1 heterocycles. The van der Waals surface area contributed by atoms with Gasteiger partial charge < -0.3 is 29.9 Å². The van der Waals surface area contributed by atoms with Crippen LogP contribution in [0, 0.1) is 52.3 Å². The standard InChI is InChI=1S/C41H70O6S/c1-7-28(26(2)3)13-12-27(4)32-16-17-33-31-15-14-29-24-30(18-20-40(29,5)34(31)19-21-41(32,33)6)46-22-10-8-9-11-23-48-39-38(45)37(44)36(43)35(25-42)47-39/h12-14,26-28,30-39,42-45H,7-11,15-25H2,1-6H3/t27-,28-,30+,31+,32-,33+,34+,35-,36-,37+,38+,39+,40+,41-/m1/s1. The highest BCUT2D eigenvalue weighted by atomic mass is 32.2. The first-order chi connectivity index (χ1) is 22.9. The van der Waals surface area contributed by atoms with Crippen LogP contribution < -0.4 is 0 Å². The minimum atomic E-state index is -1.29. The second kappa shape index (κ2) is 16.9. The van der Waals surface area contributed by atoms with Crippen molar-refractivity contribution in [1.29, 1.82) is 0 Å². The highest BCUT2D eigenvalue weighted by Crippen LogP contribution is 2.67. The molecule has 0 bridgehead atoms. The molecule has 0 spiro atoms. The summed E-state index contributed by atoms with van der Waals surface area (Å²) in [6, 6.07) is 0. The molecule has 0 aromatic carbocycles. The summed E-state index contributed by atoms with van der Waals surface area (Å²) in [7, 11) is 0. The number of aliphatic hydroxyl groups is 4. The van der Waals surface area contributed by atoms with Gasteiger partial charge in [0.1, 0.15) is 29.9 Å². The van der Waals surface area contributed by atoms with E-state index in [-0.39, 0.29) is 6.61 Å². The summed E-state index contributed by atoms with van der Waals surface area (Å²) in [5.41, 5.74) is 1.93. The van der Waals surface area contributed by atoms with Gasteiger partial charge in [-0.05, 0) is 129 Å². The molecule has 1 aliphatic heterocycles. The van der Waals surface area contributed by atoms with Gasteiger partial charge in [-0.25, -0.2) is 0 Å². The van der Waals surface area contributed by atoms with Gasteiger partial charge in [-0.2, -0.15) is 0 Å². The molecule has 14 atom stereocenters. The Morgan fingerprint density at radius 3 is 2.44 bits per heavy atom. The van der Waals surface area contributed by atoms with Crippen molar-refractivity contribution in [3.63, 3.8) is 0 Å². The quantitative estimate of drug-likeness (QED) is 0.102. The summed E-state index contributed by atoms with van der Waals surface area (Å²) in [5.74, 6) is 6.31. The van der Waals surface area contributed by atoms with Crippen molar-refractivity contribution in [2.24, 2.45) is 52.3 Å². The summed E-state index contributed by atoms with van der Waals surface area (Å²) in [6.45, 7) is 15.3. The van der Waals surface area contributed by atoms with E-state index < -0.39 is 29.9 Å². The van der Waals surface area contributed by atoms with Crippen molar-refractivity contribution in [1.82, 2.24) is 0 Å². The van der Waals surface area contributed by atoms with E-state index in [2.05, 4.69) is 59.8 Å². The molecule has 5 rings (SSSR count). The van der Waals surface area contributed by atoms with Gasteiger partial charge in [0.2, 0.25) is 0 Å². The van der Waals surface area contributed by atoms with Crippen LogP contribution in [0.25, 0.3) is 0 Å². The zero-order chi connectivity index (χ0) is 34.6. The maximum Gasteiger partial charge on any atom is 0.132 e. The summed E-state index contributed by atoms with van der Waals surface area (Å²) < 4.78 is 12.1. The third-order valence-corrected chi connectivity index (χ3v) is 15.5. The Morgan fingerprint density at radius 2 is 1.71 bits per heavy atom. The van der Waals surface area contributed by atoms with Gasteiger partial charge in [0, 0.05) is 6.61 Å². The van der Waals surface area contributed by atoms with Crippen LogP contribution in [0.2, 0.25) is 0 Å². The summed E-state index contributed by atoms with van der Waals surface area (Å²) in [6.07, 6.45) is 19.7. The molecule has 6 nitrogen and oxygen atoms in total. The van der Waals surface area contributed by atoms with Crippen molar-refractivity contribution >= 4 is 11.8 Å². The lowest BCUT2D eigenvalue weighted by Crippen LogP contribution is -2.57. The lowest BCUT2D eigenvalue weighted by atomic mass is 9.47. The molecule has 5 aliphatic rings. The average molecular weight is 691 g/mol. The van der Waals surface area contributed by atoms with Gasteiger partial charge in [-0.1, -0.05) is 78.2 Å². The SMILES string of the molecule is CC[C@H](C=C[C@@H](C)[C@H]1CC[C@H]2[C@@H]3CC=C4C[C@@H](OCCCCCCS[C@@H]5O[C@H](CO)[C@@H](O)[C@H](O)[C@@H]5O)CC[C@]4(C)[C@H]3CC[C@]12C)C(C)C. The van der Waals surface area contributed by atoms with Crippen LogP contribution >= 0.6 is 11.8 Å². The maximum absolute atomic E-state index is 10.2. The Morgan fingerprint density at radius 1 is 0.938 bits per heavy atom. The molecule has 276 valence electrons. The van der Waals surface area contributed by atoms with E-state index >= 15 is 0 Å². The van der Waals surface area contributed by atoms with Crippen LogP contribution in [0.3, 0.4) is 0 Å². The minimum absolute atomic E-state index is 0.359. The molecule has 0 aromatic rings. The largest absolute Gasteiger partial charge is 0.394 e. The monoisotopic (exact) mass is 690 g/mol. The van der Waals surface area contributed by atoms with Crippen molar-refractivity contribution in [3.05, 3.63) is 23.8 Å². The van der Waals surface area contributed by atoms with Crippen molar-refractivity contribution in [2.75, 3.05) is 19.0 Å². The third-order valence-electron chi connectivity index (χ3n) is 14.3. The molecule has 0 amide bonds. The molecule has 1 saturated heterocycles. The fraction of sp³-hybridized carbons (Fsp3) is 0.902. The topological polar surface area (TPSA) is 99.4 Å². The first kappa shape index (κ1) is 38.8. The van der Waals surface area contributed by atoms with Gasteiger partial charge in [0.25, 0.3) is 0 Å². The highest BCUT2D eigenvalue weighted by Gasteiger charge is 2.59. The predicted octanol–water partition coefficient (Wildman–Crippen LogP) is 7.92. The molecule has 4 N–H and O–H groups in total. The Kier molecular flexibility index (Phi) is 13.7. The van der Waals surface area contributed by atoms with Crippen molar-refractivity contribution in [3.8, 4) is 0 Å². The van der Waals surface area contributed by atoms with Gasteiger partial charge in [-0.3, -0.25) is 0 Å². The van der Waals surface area contributed by atoms with E-state index in [1.165, 1.54) is 63.1 Å². The smallest absolute Gasteiger partial charge is 0.132 e. The average Bonchev–Trinajstić information content (AvgIpc) is 3.43. The lowest BCUT2D eigenvalue weighted by Gasteiger charge is -2.58. The summed E-state index contributed by atoms with van der Waals surface area (Å²) in [5, 5.41) is 39.6. The molecular weight excluding hydrogens is 621 g/mol. The van der Waals surface area contributed by atoms with Crippen LogP contribution in [0.5, 0.6) is 0 Å². The summed E-state index contributed by atoms with van der Waals surface area (Å²) >= 11 is 1.45. The number of allylic oxidation sites excluding steroid dienone is 3. The van der Waals surface area contributed by atoms with Crippen LogP contribution in [-0.4, -0.2) is 75.3 Å². The number of thioether (sulfide) groups is 1. The summed E-state index contributed by atoms with van der Waals surface area (Å²) in [4.78, 5) is 0. The lowest BCUT2D eigenvalue weighted by molar-refractivity contribution is -0.205. The van der Waals surface area contributed by atoms with E-state index in [4.69, 9.17) is 9.47 Å². The zero-order valence-corrected chi connectivity index (χ0v) is 31.9. The number of fused-ring (bicyclic) bond motifs is 5. The fourth-order valence-electron chi connectivity index (χ4n) is 11.2. The fourth-order valence-corrected chi connectivity index (χ4v) is 12.4. The normalized spacial score (nSPS) is 42.7. The van der Waals surface area contributed by atoms with Crippen LogP contribution in [0.15, 0.2) is 23.8 Å². The van der Waals surface area contributed by atoms with E-state index in [9.17, 15) is 20.4 Å². The van der Waals surface area contributed by atoms with Gasteiger partial charge in [0.05, 0.1) is 12.7 Å².